The Hall–Kier alpha value is -7.04. The number of nitrogens with zero attached hydrogens (tertiary/aromatic N) is 4. The highest BCUT2D eigenvalue weighted by molar-refractivity contribution is 6.17. The Morgan fingerprint density at radius 3 is 1.88 bits per heavy atom. The molecule has 11 aromatic rings. The number of benzene rings is 7. The van der Waals surface area contributed by atoms with Gasteiger partial charge in [0.05, 0.1) is 22.1 Å². The van der Waals surface area contributed by atoms with Crippen LogP contribution in [0.25, 0.3) is 110 Å². The summed E-state index contributed by atoms with van der Waals surface area (Å²) in [7, 11) is 0. The average Bonchev–Trinajstić information content (AvgIpc) is 3.83. The van der Waals surface area contributed by atoms with Crippen molar-refractivity contribution in [2.75, 3.05) is 0 Å². The third-order valence-electron chi connectivity index (χ3n) is 11.1. The first-order valence-corrected chi connectivity index (χ1v) is 17.7. The minimum atomic E-state index is 0.912. The van der Waals surface area contributed by atoms with E-state index < -0.39 is 0 Å². The lowest BCUT2D eigenvalue weighted by atomic mass is 10.00. The summed E-state index contributed by atoms with van der Waals surface area (Å²) in [6, 6.07) is 55.3. The second kappa shape index (κ2) is 10.3. The summed E-state index contributed by atoms with van der Waals surface area (Å²) >= 11 is 0. The first kappa shape index (κ1) is 27.7. The maximum absolute atomic E-state index is 5.15. The van der Waals surface area contributed by atoms with Gasteiger partial charge in [-0.15, -0.1) is 0 Å². The second-order valence-corrected chi connectivity index (χ2v) is 13.9. The van der Waals surface area contributed by atoms with Gasteiger partial charge in [0.2, 0.25) is 0 Å². The Bertz CT molecular complexity index is 3290. The van der Waals surface area contributed by atoms with Crippen LogP contribution >= 0.6 is 0 Å². The fourth-order valence-corrected chi connectivity index (χ4v) is 8.81. The van der Waals surface area contributed by atoms with Gasteiger partial charge < -0.3 is 4.57 Å². The summed E-state index contributed by atoms with van der Waals surface area (Å²) in [6.07, 6.45) is 5.97. The topological polar surface area (TPSA) is 35.6 Å². The molecule has 0 saturated heterocycles. The number of hydrogen-bond acceptors (Lipinski definition) is 2. The van der Waals surface area contributed by atoms with Gasteiger partial charge in [-0.3, -0.25) is 9.55 Å². The predicted octanol–water partition coefficient (Wildman–Crippen LogP) is 12.3. The first-order valence-electron chi connectivity index (χ1n) is 17.7. The van der Waals surface area contributed by atoms with Crippen LogP contribution in [0.4, 0.5) is 0 Å². The van der Waals surface area contributed by atoms with Crippen LogP contribution in [0.5, 0.6) is 0 Å². The van der Waals surface area contributed by atoms with Gasteiger partial charge in [0.25, 0.3) is 0 Å². The third-order valence-corrected chi connectivity index (χ3v) is 11.1. The van der Waals surface area contributed by atoms with E-state index in [0.717, 1.165) is 33.4 Å². The fourth-order valence-electron chi connectivity index (χ4n) is 8.81. The van der Waals surface area contributed by atoms with E-state index in [0.29, 0.717) is 0 Å². The average molecular weight is 661 g/mol. The maximum Gasteiger partial charge on any atom is 0.138 e. The van der Waals surface area contributed by atoms with E-state index in [1.165, 1.54) is 76.7 Å². The van der Waals surface area contributed by atoms with E-state index in [2.05, 4.69) is 166 Å². The summed E-state index contributed by atoms with van der Waals surface area (Å²) in [5.74, 6) is 0.912. The standard InChI is InChI=1S/C48H28N4/c1-2-12-34(13-3-1)51-43-16-7-6-14-35(43)38-22-31(17-19-44(38)51)32-18-20-45-39(23-32)40-21-29-9-4-5-10-30(29)24-46(40)52(45)47-25-37-36-15-8-11-33-26-49-27-42(48(33)36)41(37)28-50-47/h1-28H. The van der Waals surface area contributed by atoms with Crippen LogP contribution in [0.1, 0.15) is 0 Å². The molecule has 4 heterocycles. The van der Waals surface area contributed by atoms with E-state index in [1.807, 2.05) is 18.6 Å². The number of hydrogen-bond donors (Lipinski definition) is 0. The third kappa shape index (κ3) is 3.75. The molecule has 0 amide bonds. The van der Waals surface area contributed by atoms with Crippen molar-refractivity contribution in [1.29, 1.82) is 0 Å². The first-order chi connectivity index (χ1) is 25.8. The predicted molar refractivity (Wildman–Crippen MR) is 216 cm³/mol. The maximum atomic E-state index is 5.15. The highest BCUT2D eigenvalue weighted by Crippen LogP contribution is 2.47. The molecule has 0 bridgehead atoms. The van der Waals surface area contributed by atoms with E-state index >= 15 is 0 Å². The van der Waals surface area contributed by atoms with Crippen molar-refractivity contribution in [2.24, 2.45) is 0 Å². The summed E-state index contributed by atoms with van der Waals surface area (Å²) in [6.45, 7) is 0. The lowest BCUT2D eigenvalue weighted by Crippen LogP contribution is -1.98. The van der Waals surface area contributed by atoms with Crippen molar-refractivity contribution in [3.8, 4) is 44.9 Å². The van der Waals surface area contributed by atoms with Crippen molar-refractivity contribution in [3.05, 3.63) is 170 Å². The zero-order chi connectivity index (χ0) is 33.9. The van der Waals surface area contributed by atoms with Gasteiger partial charge in [0.15, 0.2) is 0 Å². The lowest BCUT2D eigenvalue weighted by Gasteiger charge is -2.11. The molecular formula is C48H28N4. The molecule has 0 saturated carbocycles. The molecule has 4 heteroatoms. The highest BCUT2D eigenvalue weighted by Gasteiger charge is 2.24. The Labute approximate surface area is 298 Å². The number of rotatable bonds is 3. The summed E-state index contributed by atoms with van der Waals surface area (Å²) in [4.78, 5) is 9.69. The molecule has 4 aromatic heterocycles. The van der Waals surface area contributed by atoms with Crippen LogP contribution in [0, 0.1) is 0 Å². The monoisotopic (exact) mass is 660 g/mol. The molecular weight excluding hydrogens is 633 g/mol. The van der Waals surface area contributed by atoms with Gasteiger partial charge >= 0.3 is 0 Å². The summed E-state index contributed by atoms with van der Waals surface area (Å²) in [5, 5.41) is 9.79. The zero-order valence-corrected chi connectivity index (χ0v) is 28.0. The van der Waals surface area contributed by atoms with Gasteiger partial charge in [0.1, 0.15) is 5.82 Å². The van der Waals surface area contributed by atoms with Crippen molar-refractivity contribution in [3.63, 3.8) is 0 Å². The zero-order valence-electron chi connectivity index (χ0n) is 28.0. The number of para-hydroxylation sites is 2. The van der Waals surface area contributed by atoms with Crippen LogP contribution in [0.3, 0.4) is 0 Å². The van der Waals surface area contributed by atoms with E-state index in [-0.39, 0.29) is 0 Å². The van der Waals surface area contributed by atoms with Gasteiger partial charge in [-0.05, 0) is 93.7 Å². The van der Waals surface area contributed by atoms with Crippen LogP contribution in [-0.2, 0) is 0 Å². The molecule has 0 unspecified atom stereocenters. The van der Waals surface area contributed by atoms with Crippen molar-refractivity contribution >= 4 is 65.2 Å². The number of fused-ring (bicyclic) bond motifs is 10. The molecule has 7 aromatic carbocycles. The second-order valence-electron chi connectivity index (χ2n) is 13.9. The Morgan fingerprint density at radius 2 is 1.04 bits per heavy atom. The highest BCUT2D eigenvalue weighted by atomic mass is 15.1. The van der Waals surface area contributed by atoms with Crippen LogP contribution in [0.2, 0.25) is 0 Å². The van der Waals surface area contributed by atoms with Gasteiger partial charge in [-0.1, -0.05) is 91.0 Å². The van der Waals surface area contributed by atoms with Gasteiger partial charge in [0, 0.05) is 67.7 Å². The summed E-state index contributed by atoms with van der Waals surface area (Å²) < 4.78 is 4.72. The Balaban J connectivity index is 1.09. The van der Waals surface area contributed by atoms with Gasteiger partial charge in [-0.2, -0.15) is 0 Å². The van der Waals surface area contributed by atoms with E-state index in [4.69, 9.17) is 4.98 Å². The van der Waals surface area contributed by atoms with E-state index in [1.54, 1.807) is 0 Å². The molecule has 12 rings (SSSR count). The minimum Gasteiger partial charge on any atom is -0.309 e. The minimum absolute atomic E-state index is 0.912. The quantitative estimate of drug-likeness (QED) is 0.189. The largest absolute Gasteiger partial charge is 0.309 e. The number of aromatic nitrogens is 4. The Morgan fingerprint density at radius 1 is 0.365 bits per heavy atom. The smallest absolute Gasteiger partial charge is 0.138 e. The molecule has 4 nitrogen and oxygen atoms in total. The normalized spacial score (nSPS) is 12.2. The van der Waals surface area contributed by atoms with Crippen LogP contribution in [-0.4, -0.2) is 19.1 Å². The van der Waals surface area contributed by atoms with Gasteiger partial charge in [-0.25, -0.2) is 4.98 Å². The lowest BCUT2D eigenvalue weighted by molar-refractivity contribution is 1.08. The van der Waals surface area contributed by atoms with Crippen molar-refractivity contribution < 1.29 is 0 Å². The fraction of sp³-hybridized carbons (Fsp3) is 0. The van der Waals surface area contributed by atoms with Crippen LogP contribution < -0.4 is 0 Å². The summed E-state index contributed by atoms with van der Waals surface area (Å²) in [5.41, 5.74) is 13.0. The molecule has 0 radical (unpaired) electrons. The number of pyridine rings is 2. The van der Waals surface area contributed by atoms with Crippen LogP contribution in [0.15, 0.2) is 170 Å². The molecule has 52 heavy (non-hydrogen) atoms. The molecule has 0 atom stereocenters. The molecule has 0 spiro atoms. The molecule has 240 valence electrons. The van der Waals surface area contributed by atoms with Crippen molar-refractivity contribution in [2.45, 2.75) is 0 Å². The Kier molecular flexibility index (Phi) is 5.47. The molecule has 0 N–H and O–H groups in total. The molecule has 1 aliphatic carbocycles. The SMILES string of the molecule is c1ccc(-n2c3ccccc3c3cc(-c4ccc5c(c4)c4cc6ccccc6cc4n5-c4cc5c(cn4)-c4cncc6cccc-5c46)ccc32)cc1. The molecule has 0 fully saturated rings. The van der Waals surface area contributed by atoms with E-state index in [9.17, 15) is 0 Å². The molecule has 0 aliphatic heterocycles. The van der Waals surface area contributed by atoms with Crippen molar-refractivity contribution in [1.82, 2.24) is 19.1 Å². The molecule has 1 aliphatic rings.